The Balaban J connectivity index is 2.91. The molecule has 74 valence electrons. The van der Waals surface area contributed by atoms with Crippen LogP contribution in [0.4, 0.5) is 11.4 Å². The number of carbonyl (C=O) groups is 1. The monoisotopic (exact) mass is 192 g/mol. The molecular formula is C10H12N2O2. The molecule has 0 saturated heterocycles. The third-order valence-corrected chi connectivity index (χ3v) is 1.59. The van der Waals surface area contributed by atoms with E-state index in [1.807, 2.05) is 0 Å². The van der Waals surface area contributed by atoms with Crippen molar-refractivity contribution >= 4 is 17.3 Å². The number of carbonyl (C=O) groups excluding carboxylic acids is 1. The summed E-state index contributed by atoms with van der Waals surface area (Å²) in [6.07, 6.45) is 0. The SMILES string of the molecule is C=C(C)C(=O)Oc1cc(N)ccc1N. The topological polar surface area (TPSA) is 78.3 Å². The number of hydrogen-bond acceptors (Lipinski definition) is 4. The van der Waals surface area contributed by atoms with Gasteiger partial charge < -0.3 is 16.2 Å². The van der Waals surface area contributed by atoms with E-state index in [0.717, 1.165) is 0 Å². The summed E-state index contributed by atoms with van der Waals surface area (Å²) in [5, 5.41) is 0. The highest BCUT2D eigenvalue weighted by Crippen LogP contribution is 2.24. The van der Waals surface area contributed by atoms with Gasteiger partial charge in [0.25, 0.3) is 0 Å². The number of ether oxygens (including phenoxy) is 1. The second-order valence-electron chi connectivity index (χ2n) is 2.97. The van der Waals surface area contributed by atoms with Crippen molar-refractivity contribution < 1.29 is 9.53 Å². The Labute approximate surface area is 82.2 Å². The summed E-state index contributed by atoms with van der Waals surface area (Å²) in [5.74, 6) is -0.250. The molecule has 0 amide bonds. The van der Waals surface area contributed by atoms with E-state index in [-0.39, 0.29) is 5.75 Å². The molecule has 0 aliphatic heterocycles. The molecule has 1 rings (SSSR count). The Hall–Kier alpha value is -1.97. The van der Waals surface area contributed by atoms with Crippen molar-refractivity contribution in [3.05, 3.63) is 30.4 Å². The zero-order valence-electron chi connectivity index (χ0n) is 7.91. The zero-order chi connectivity index (χ0) is 10.7. The van der Waals surface area contributed by atoms with Crippen molar-refractivity contribution in [2.75, 3.05) is 11.5 Å². The molecule has 4 N–H and O–H groups in total. The van der Waals surface area contributed by atoms with Crippen LogP contribution in [0.5, 0.6) is 5.75 Å². The summed E-state index contributed by atoms with van der Waals surface area (Å²) >= 11 is 0. The highest BCUT2D eigenvalue weighted by molar-refractivity contribution is 5.89. The minimum Gasteiger partial charge on any atom is -0.421 e. The maximum Gasteiger partial charge on any atom is 0.338 e. The summed E-state index contributed by atoms with van der Waals surface area (Å²) in [6.45, 7) is 5.02. The lowest BCUT2D eigenvalue weighted by Gasteiger charge is -2.07. The molecule has 1 aromatic rings. The molecule has 0 aliphatic carbocycles. The number of benzene rings is 1. The van der Waals surface area contributed by atoms with Gasteiger partial charge in [-0.3, -0.25) is 0 Å². The Morgan fingerprint density at radius 3 is 2.64 bits per heavy atom. The van der Waals surface area contributed by atoms with Crippen molar-refractivity contribution in [1.82, 2.24) is 0 Å². The van der Waals surface area contributed by atoms with Crippen molar-refractivity contribution in [1.29, 1.82) is 0 Å². The Kier molecular flexibility index (Phi) is 2.76. The van der Waals surface area contributed by atoms with Gasteiger partial charge in [0.05, 0.1) is 5.69 Å². The van der Waals surface area contributed by atoms with E-state index in [4.69, 9.17) is 16.2 Å². The summed E-state index contributed by atoms with van der Waals surface area (Å²) in [6, 6.07) is 4.71. The number of nitrogens with two attached hydrogens (primary N) is 2. The Bertz CT molecular complexity index is 386. The number of hydrogen-bond donors (Lipinski definition) is 2. The lowest BCUT2D eigenvalue weighted by Crippen LogP contribution is -2.09. The lowest BCUT2D eigenvalue weighted by molar-refractivity contribution is -0.130. The van der Waals surface area contributed by atoms with E-state index in [1.54, 1.807) is 19.1 Å². The predicted octanol–water partition coefficient (Wildman–Crippen LogP) is 1.33. The van der Waals surface area contributed by atoms with E-state index in [0.29, 0.717) is 16.9 Å². The van der Waals surface area contributed by atoms with Gasteiger partial charge in [0.2, 0.25) is 0 Å². The van der Waals surface area contributed by atoms with Gasteiger partial charge >= 0.3 is 5.97 Å². The fourth-order valence-electron chi connectivity index (χ4n) is 0.826. The van der Waals surface area contributed by atoms with Crippen molar-refractivity contribution in [3.63, 3.8) is 0 Å². The molecular weight excluding hydrogens is 180 g/mol. The molecule has 0 spiro atoms. The fourth-order valence-corrected chi connectivity index (χ4v) is 0.826. The zero-order valence-corrected chi connectivity index (χ0v) is 7.91. The largest absolute Gasteiger partial charge is 0.421 e. The first-order valence-electron chi connectivity index (χ1n) is 4.03. The van der Waals surface area contributed by atoms with E-state index < -0.39 is 5.97 Å². The molecule has 0 saturated carbocycles. The molecule has 1 aromatic carbocycles. The van der Waals surface area contributed by atoms with Gasteiger partial charge in [-0.2, -0.15) is 0 Å². The number of nitrogen functional groups attached to an aromatic ring is 2. The van der Waals surface area contributed by atoms with Gasteiger partial charge in [0.15, 0.2) is 5.75 Å². The van der Waals surface area contributed by atoms with Gasteiger partial charge in [0, 0.05) is 17.3 Å². The van der Waals surface area contributed by atoms with E-state index in [1.165, 1.54) is 6.07 Å². The molecule has 0 unspecified atom stereocenters. The van der Waals surface area contributed by atoms with Gasteiger partial charge in [-0.25, -0.2) is 4.79 Å². The van der Waals surface area contributed by atoms with Gasteiger partial charge in [-0.15, -0.1) is 0 Å². The average Bonchev–Trinajstić information content (AvgIpc) is 2.11. The van der Waals surface area contributed by atoms with E-state index in [2.05, 4.69) is 6.58 Å². The molecule has 0 aromatic heterocycles. The van der Waals surface area contributed by atoms with Crippen molar-refractivity contribution in [3.8, 4) is 5.75 Å². The molecule has 4 heteroatoms. The minimum absolute atomic E-state index is 0.262. The first kappa shape index (κ1) is 10.1. The summed E-state index contributed by atoms with van der Waals surface area (Å²) in [4.78, 5) is 11.2. The fraction of sp³-hybridized carbons (Fsp3) is 0.100. The Morgan fingerprint density at radius 1 is 1.43 bits per heavy atom. The van der Waals surface area contributed by atoms with E-state index >= 15 is 0 Å². The van der Waals surface area contributed by atoms with Crippen molar-refractivity contribution in [2.45, 2.75) is 6.92 Å². The van der Waals surface area contributed by atoms with Crippen LogP contribution in [-0.4, -0.2) is 5.97 Å². The first-order chi connectivity index (χ1) is 6.50. The molecule has 0 bridgehead atoms. The Morgan fingerprint density at radius 2 is 2.07 bits per heavy atom. The molecule has 4 nitrogen and oxygen atoms in total. The smallest absolute Gasteiger partial charge is 0.338 e. The van der Waals surface area contributed by atoms with Crippen LogP contribution in [0.3, 0.4) is 0 Å². The third-order valence-electron chi connectivity index (χ3n) is 1.59. The number of rotatable bonds is 2. The molecule has 0 fully saturated rings. The quantitative estimate of drug-likeness (QED) is 0.320. The minimum atomic E-state index is -0.512. The molecule has 0 atom stereocenters. The first-order valence-corrected chi connectivity index (χ1v) is 4.03. The average molecular weight is 192 g/mol. The van der Waals surface area contributed by atoms with Crippen LogP contribution in [0.1, 0.15) is 6.92 Å². The number of anilines is 2. The summed E-state index contributed by atoms with van der Waals surface area (Å²) in [7, 11) is 0. The van der Waals surface area contributed by atoms with Gasteiger partial charge in [-0.05, 0) is 19.1 Å². The van der Waals surface area contributed by atoms with Crippen LogP contribution >= 0.6 is 0 Å². The van der Waals surface area contributed by atoms with Crippen LogP contribution in [0.25, 0.3) is 0 Å². The molecule has 0 heterocycles. The van der Waals surface area contributed by atoms with Crippen LogP contribution < -0.4 is 16.2 Å². The van der Waals surface area contributed by atoms with E-state index in [9.17, 15) is 4.79 Å². The second kappa shape index (κ2) is 3.83. The van der Waals surface area contributed by atoms with Crippen molar-refractivity contribution in [2.24, 2.45) is 0 Å². The maximum absolute atomic E-state index is 11.2. The molecule has 0 aliphatic rings. The van der Waals surface area contributed by atoms with Crippen LogP contribution in [0.2, 0.25) is 0 Å². The summed E-state index contributed by atoms with van der Waals surface area (Å²) in [5.41, 5.74) is 12.3. The number of esters is 1. The predicted molar refractivity (Wildman–Crippen MR) is 55.7 cm³/mol. The second-order valence-corrected chi connectivity index (χ2v) is 2.97. The van der Waals surface area contributed by atoms with Crippen LogP contribution in [0, 0.1) is 0 Å². The summed E-state index contributed by atoms with van der Waals surface area (Å²) < 4.78 is 4.94. The molecule has 0 radical (unpaired) electrons. The highest BCUT2D eigenvalue weighted by atomic mass is 16.5. The highest BCUT2D eigenvalue weighted by Gasteiger charge is 2.08. The molecule has 14 heavy (non-hydrogen) atoms. The van der Waals surface area contributed by atoms with Gasteiger partial charge in [-0.1, -0.05) is 6.58 Å². The van der Waals surface area contributed by atoms with Crippen LogP contribution in [-0.2, 0) is 4.79 Å². The normalized spacial score (nSPS) is 9.50. The van der Waals surface area contributed by atoms with Crippen LogP contribution in [0.15, 0.2) is 30.4 Å². The van der Waals surface area contributed by atoms with Gasteiger partial charge in [0.1, 0.15) is 0 Å². The third kappa shape index (κ3) is 2.26. The standard InChI is InChI=1S/C10H12N2O2/c1-6(2)10(13)14-9-5-7(11)3-4-8(9)12/h3-5H,1,11-12H2,2H3. The maximum atomic E-state index is 11.2. The lowest BCUT2D eigenvalue weighted by atomic mass is 10.2.